The molecule has 4 saturated carbocycles. The van der Waals surface area contributed by atoms with Crippen LogP contribution in [-0.2, 0) is 0 Å². The molecule has 0 unspecified atom stereocenters. The van der Waals surface area contributed by atoms with E-state index in [1.54, 1.807) is 11.4 Å². The second-order valence-corrected chi connectivity index (χ2v) is 16.5. The average Bonchev–Trinajstić information content (AvgIpc) is 3.47. The number of hydrogen-bond donors (Lipinski definition) is 0. The Hall–Kier alpha value is 0.220. The predicted octanol–water partition coefficient (Wildman–Crippen LogP) is 2.45. The Morgan fingerprint density at radius 3 is 1.16 bits per heavy atom. The van der Waals surface area contributed by atoms with Gasteiger partial charge in [0.1, 0.15) is 0 Å². The van der Waals surface area contributed by atoms with Gasteiger partial charge in [0.05, 0.1) is 65.4 Å². The molecule has 0 aromatic carbocycles. The Morgan fingerprint density at radius 1 is 0.558 bits per heavy atom. The van der Waals surface area contributed by atoms with Crippen molar-refractivity contribution < 1.29 is 42.9 Å². The van der Waals surface area contributed by atoms with E-state index >= 15 is 0 Å². The van der Waals surface area contributed by atoms with Crippen molar-refractivity contribution in [2.75, 3.05) is 65.4 Å². The first-order valence-corrected chi connectivity index (χ1v) is 18.1. The second kappa shape index (κ2) is 15.0. The van der Waals surface area contributed by atoms with Crippen LogP contribution in [0.5, 0.6) is 0 Å². The maximum Gasteiger partial charge on any atom is 0.0985 e. The molecule has 0 amide bonds. The van der Waals surface area contributed by atoms with Gasteiger partial charge in [0.2, 0.25) is 0 Å². The molecule has 43 heavy (non-hydrogen) atoms. The fraction of sp³-hybridized carbons (Fsp3) is 0.946. The number of unbranched alkanes of at least 4 members (excludes halogenated alkanes) is 2. The van der Waals surface area contributed by atoms with Gasteiger partial charge in [-0.15, -0.1) is 0 Å². The van der Waals surface area contributed by atoms with Gasteiger partial charge in [0.25, 0.3) is 0 Å². The van der Waals surface area contributed by atoms with Crippen LogP contribution in [0.15, 0.2) is 9.98 Å². The van der Waals surface area contributed by atoms with Crippen molar-refractivity contribution in [2.45, 2.75) is 127 Å². The molecule has 0 N–H and O–H groups in total. The van der Waals surface area contributed by atoms with Gasteiger partial charge < -0.3 is 42.9 Å². The molecule has 6 heteroatoms. The third-order valence-corrected chi connectivity index (χ3v) is 15.2. The molecule has 4 fully saturated rings. The summed E-state index contributed by atoms with van der Waals surface area (Å²) in [5.74, 6) is 1.72. The smallest absolute Gasteiger partial charge is 0.0985 e. The van der Waals surface area contributed by atoms with E-state index < -0.39 is 0 Å². The number of likely N-dealkylation sites (N-methyl/N-ethyl adjacent to an activating group) is 2. The van der Waals surface area contributed by atoms with Crippen LogP contribution in [0.2, 0.25) is 0 Å². The minimum absolute atomic E-state index is 0. The predicted molar refractivity (Wildman–Crippen MR) is 179 cm³/mol. The zero-order valence-corrected chi connectivity index (χ0v) is 33.3. The van der Waals surface area contributed by atoms with E-state index in [9.17, 15) is 0 Å². The molecule has 4 nitrogen and oxygen atoms in total. The van der Waals surface area contributed by atoms with Crippen molar-refractivity contribution in [1.29, 1.82) is 0 Å². The highest BCUT2D eigenvalue weighted by atomic mass is 79.9. The average molecular weight is 731 g/mol. The standard InChI is InChI=1S/C37H70N4.2BrH/c1-11-40(12-2,26-22-38-32-28-30-18-20-36(32,9)34(30,5)6)24-16-15-17-25-41(13-3,14-4)27-23-39-33-29-31-19-21-37(33,10)35(31,7)8;;/h30-31H,11-29H2,1-10H3;2*1H/q+2;;/p-2/t30-,31-,36+,37+;;/m1../s1. The van der Waals surface area contributed by atoms with Gasteiger partial charge in [-0.2, -0.15) is 0 Å². The third kappa shape index (κ3) is 7.08. The number of quaternary nitrogens is 2. The Bertz CT molecular complexity index is 888. The molecule has 0 saturated heterocycles. The maximum atomic E-state index is 5.32. The fourth-order valence-corrected chi connectivity index (χ4v) is 10.1. The van der Waals surface area contributed by atoms with Gasteiger partial charge in [-0.1, -0.05) is 41.5 Å². The summed E-state index contributed by atoms with van der Waals surface area (Å²) in [6.07, 6.45) is 12.1. The lowest BCUT2D eigenvalue weighted by Gasteiger charge is -2.38. The van der Waals surface area contributed by atoms with Crippen LogP contribution in [0, 0.1) is 33.5 Å². The molecule has 0 aromatic heterocycles. The van der Waals surface area contributed by atoms with Crippen LogP contribution in [0.1, 0.15) is 127 Å². The van der Waals surface area contributed by atoms with Crippen molar-refractivity contribution in [1.82, 2.24) is 0 Å². The minimum Gasteiger partial charge on any atom is -1.00 e. The van der Waals surface area contributed by atoms with Gasteiger partial charge in [0.15, 0.2) is 0 Å². The van der Waals surface area contributed by atoms with Crippen LogP contribution in [0.4, 0.5) is 0 Å². The van der Waals surface area contributed by atoms with Crippen LogP contribution < -0.4 is 34.0 Å². The van der Waals surface area contributed by atoms with Crippen LogP contribution >= 0.6 is 0 Å². The lowest BCUT2D eigenvalue weighted by Crippen LogP contribution is -3.00. The van der Waals surface area contributed by atoms with E-state index in [-0.39, 0.29) is 34.0 Å². The molecule has 0 radical (unpaired) electrons. The lowest BCUT2D eigenvalue weighted by molar-refractivity contribution is -0.925. The van der Waals surface area contributed by atoms with Gasteiger partial charge >= 0.3 is 0 Å². The molecule has 4 rings (SSSR count). The third-order valence-electron chi connectivity index (χ3n) is 15.2. The first-order chi connectivity index (χ1) is 19.3. The molecular formula is C37H70Br2N4. The van der Waals surface area contributed by atoms with Gasteiger partial charge in [-0.05, 0) is 108 Å². The van der Waals surface area contributed by atoms with Crippen molar-refractivity contribution >= 4 is 11.4 Å². The summed E-state index contributed by atoms with van der Waals surface area (Å²) in [5, 5.41) is 0. The number of nitrogens with zero attached hydrogens (tertiary/aromatic N) is 4. The van der Waals surface area contributed by atoms with E-state index in [0.29, 0.717) is 21.7 Å². The lowest BCUT2D eigenvalue weighted by atomic mass is 9.70. The van der Waals surface area contributed by atoms with Crippen molar-refractivity contribution in [3.05, 3.63) is 0 Å². The monoisotopic (exact) mass is 728 g/mol. The van der Waals surface area contributed by atoms with Gasteiger partial charge in [-0.25, -0.2) is 0 Å². The number of rotatable bonds is 16. The zero-order valence-electron chi connectivity index (χ0n) is 30.1. The number of fused-ring (bicyclic) bond motifs is 4. The van der Waals surface area contributed by atoms with E-state index in [1.165, 1.54) is 119 Å². The van der Waals surface area contributed by atoms with Gasteiger partial charge in [0, 0.05) is 22.3 Å². The summed E-state index contributed by atoms with van der Waals surface area (Å²) in [6, 6.07) is 0. The number of halogens is 2. The Balaban J connectivity index is 0.00000323. The Labute approximate surface area is 289 Å². The first-order valence-electron chi connectivity index (χ1n) is 18.1. The van der Waals surface area contributed by atoms with Crippen LogP contribution in [0.3, 0.4) is 0 Å². The molecule has 4 atom stereocenters. The Morgan fingerprint density at radius 2 is 0.907 bits per heavy atom. The van der Waals surface area contributed by atoms with Crippen molar-refractivity contribution in [2.24, 2.45) is 43.5 Å². The van der Waals surface area contributed by atoms with E-state index in [0.717, 1.165) is 24.9 Å². The maximum absolute atomic E-state index is 5.32. The molecule has 0 aliphatic heterocycles. The largest absolute Gasteiger partial charge is 1.00 e. The zero-order chi connectivity index (χ0) is 30.2. The Kier molecular flexibility index (Phi) is 13.7. The van der Waals surface area contributed by atoms with Gasteiger partial charge in [-0.3, -0.25) is 9.98 Å². The molecule has 0 spiro atoms. The highest BCUT2D eigenvalue weighted by Gasteiger charge is 2.60. The molecule has 4 bridgehead atoms. The topological polar surface area (TPSA) is 24.7 Å². The first kappa shape index (κ1) is 39.4. The summed E-state index contributed by atoms with van der Waals surface area (Å²) in [4.78, 5) is 10.6. The van der Waals surface area contributed by atoms with Crippen molar-refractivity contribution in [3.8, 4) is 0 Å². The molecular weight excluding hydrogens is 660 g/mol. The molecule has 4 aliphatic rings. The highest BCUT2D eigenvalue weighted by molar-refractivity contribution is 5.94. The van der Waals surface area contributed by atoms with Crippen molar-refractivity contribution in [3.63, 3.8) is 0 Å². The summed E-state index contributed by atoms with van der Waals surface area (Å²) < 4.78 is 2.49. The van der Waals surface area contributed by atoms with E-state index in [1.807, 2.05) is 0 Å². The highest BCUT2D eigenvalue weighted by Crippen LogP contribution is 2.65. The normalized spacial score (nSPS) is 32.4. The summed E-state index contributed by atoms with van der Waals surface area (Å²) in [5.41, 5.74) is 4.70. The fourth-order valence-electron chi connectivity index (χ4n) is 10.1. The molecule has 4 aliphatic carbocycles. The quantitative estimate of drug-likeness (QED) is 0.173. The number of aliphatic imine (C=N–C) groups is 2. The van der Waals surface area contributed by atoms with Crippen LogP contribution in [-0.4, -0.2) is 85.8 Å². The summed E-state index contributed by atoms with van der Waals surface area (Å²) in [6.45, 7) is 36.8. The number of hydrogen-bond acceptors (Lipinski definition) is 2. The molecule has 0 heterocycles. The molecule has 252 valence electrons. The molecule has 0 aromatic rings. The van der Waals surface area contributed by atoms with E-state index in [4.69, 9.17) is 9.98 Å². The van der Waals surface area contributed by atoms with Crippen LogP contribution in [0.25, 0.3) is 0 Å². The minimum atomic E-state index is 0. The summed E-state index contributed by atoms with van der Waals surface area (Å²) >= 11 is 0. The van der Waals surface area contributed by atoms with E-state index in [2.05, 4.69) is 69.2 Å². The SMILES string of the molecule is CC[N+](CC)(CCCCC[N+](CC)(CC)CCN=C1C[C@H]2CC[C@]1(C)C2(C)C)CCN=C1C[C@H]2CC[C@]1(C)C2(C)C.[Br-].[Br-]. The second-order valence-electron chi connectivity index (χ2n) is 16.5. The summed E-state index contributed by atoms with van der Waals surface area (Å²) in [7, 11) is 0.